The maximum absolute atomic E-state index is 12.4. The third-order valence-electron chi connectivity index (χ3n) is 4.27. The Labute approximate surface area is 182 Å². The molecule has 0 fully saturated rings. The fourth-order valence-electron chi connectivity index (χ4n) is 2.61. The molecule has 1 aromatic carbocycles. The summed E-state index contributed by atoms with van der Waals surface area (Å²) in [6, 6.07) is 11.2. The lowest BCUT2D eigenvalue weighted by Crippen LogP contribution is -2.11. The predicted octanol–water partition coefficient (Wildman–Crippen LogP) is 4.59. The van der Waals surface area contributed by atoms with Crippen LogP contribution in [0.4, 0.5) is 5.69 Å². The van der Waals surface area contributed by atoms with E-state index in [-0.39, 0.29) is 4.21 Å². The molecule has 11 heteroatoms. The Hall–Kier alpha value is -2.95. The second kappa shape index (κ2) is 8.05. The second-order valence-electron chi connectivity index (χ2n) is 6.29. The van der Waals surface area contributed by atoms with Crippen molar-refractivity contribution < 1.29 is 13.2 Å². The van der Waals surface area contributed by atoms with Crippen molar-refractivity contribution in [2.75, 3.05) is 4.72 Å². The number of anilines is 1. The van der Waals surface area contributed by atoms with Gasteiger partial charge in [-0.05, 0) is 50.2 Å². The van der Waals surface area contributed by atoms with Gasteiger partial charge in [-0.15, -0.1) is 11.3 Å². The largest absolute Gasteiger partial charge is 0.439 e. The van der Waals surface area contributed by atoms with Gasteiger partial charge in [0.2, 0.25) is 5.88 Å². The number of imidazole rings is 1. The summed E-state index contributed by atoms with van der Waals surface area (Å²) < 4.78 is 35.4. The van der Waals surface area contributed by atoms with E-state index in [1.807, 2.05) is 18.4 Å². The molecule has 0 aliphatic rings. The first-order chi connectivity index (χ1) is 14.3. The highest BCUT2D eigenvalue weighted by molar-refractivity contribution is 7.94. The van der Waals surface area contributed by atoms with E-state index >= 15 is 0 Å². The lowest BCUT2D eigenvalue weighted by Gasteiger charge is -2.09. The minimum Gasteiger partial charge on any atom is -0.439 e. The zero-order valence-corrected chi connectivity index (χ0v) is 18.3. The molecule has 0 saturated heterocycles. The van der Waals surface area contributed by atoms with Crippen LogP contribution in [0.3, 0.4) is 0 Å². The normalized spacial score (nSPS) is 11.4. The van der Waals surface area contributed by atoms with Crippen LogP contribution in [0.1, 0.15) is 11.4 Å². The minimum absolute atomic E-state index is 0.145. The van der Waals surface area contributed by atoms with Crippen LogP contribution < -0.4 is 9.46 Å². The van der Waals surface area contributed by atoms with Crippen molar-refractivity contribution >= 4 is 38.6 Å². The quantitative estimate of drug-likeness (QED) is 0.451. The molecule has 8 nitrogen and oxygen atoms in total. The highest BCUT2D eigenvalue weighted by atomic mass is 35.5. The number of thiophene rings is 1. The fraction of sp³-hybridized carbons (Fsp3) is 0.105. The van der Waals surface area contributed by atoms with Gasteiger partial charge in [0.15, 0.2) is 0 Å². The summed E-state index contributed by atoms with van der Waals surface area (Å²) in [6.45, 7) is 3.88. The Balaban J connectivity index is 1.49. The lowest BCUT2D eigenvalue weighted by atomic mass is 10.3. The molecular formula is C19H16ClN5O3S2. The van der Waals surface area contributed by atoms with E-state index < -0.39 is 10.0 Å². The number of benzene rings is 1. The number of ether oxygens (including phenoxy) is 1. The first kappa shape index (κ1) is 20.3. The molecule has 0 spiro atoms. The Morgan fingerprint density at radius 2 is 1.83 bits per heavy atom. The van der Waals surface area contributed by atoms with E-state index in [9.17, 15) is 8.42 Å². The van der Waals surface area contributed by atoms with Crippen LogP contribution in [-0.4, -0.2) is 27.9 Å². The van der Waals surface area contributed by atoms with Gasteiger partial charge in [0.05, 0.1) is 10.0 Å². The molecule has 0 aliphatic heterocycles. The third kappa shape index (κ3) is 4.30. The molecule has 3 heterocycles. The summed E-state index contributed by atoms with van der Waals surface area (Å²) in [5.74, 6) is 1.49. The van der Waals surface area contributed by atoms with Crippen molar-refractivity contribution in [3.05, 3.63) is 70.8 Å². The highest BCUT2D eigenvalue weighted by Gasteiger charge is 2.17. The fourth-order valence-corrected chi connectivity index (χ4v) is 5.15. The number of sulfonamides is 1. The molecule has 0 radical (unpaired) electrons. The van der Waals surface area contributed by atoms with E-state index in [0.717, 1.165) is 22.7 Å². The molecule has 0 amide bonds. The maximum atomic E-state index is 12.4. The van der Waals surface area contributed by atoms with Gasteiger partial charge in [-0.3, -0.25) is 9.29 Å². The summed E-state index contributed by atoms with van der Waals surface area (Å²) in [7, 11) is -3.69. The Kier molecular flexibility index (Phi) is 5.46. The van der Waals surface area contributed by atoms with Crippen LogP contribution in [0.15, 0.2) is 59.3 Å². The van der Waals surface area contributed by atoms with E-state index in [2.05, 4.69) is 19.7 Å². The van der Waals surface area contributed by atoms with Gasteiger partial charge in [-0.1, -0.05) is 11.6 Å². The second-order valence-corrected chi connectivity index (χ2v) is 9.91. The van der Waals surface area contributed by atoms with E-state index in [1.54, 1.807) is 42.7 Å². The number of halogens is 1. The lowest BCUT2D eigenvalue weighted by molar-refractivity contribution is 0.461. The monoisotopic (exact) mass is 461 g/mol. The van der Waals surface area contributed by atoms with Crippen LogP contribution in [0.25, 0.3) is 5.82 Å². The maximum Gasteiger partial charge on any atom is 0.271 e. The zero-order valence-electron chi connectivity index (χ0n) is 15.9. The molecule has 0 unspecified atom stereocenters. The third-order valence-corrected chi connectivity index (χ3v) is 7.37. The molecule has 0 saturated carbocycles. The summed E-state index contributed by atoms with van der Waals surface area (Å²) >= 11 is 6.81. The topological polar surface area (TPSA) is 99.0 Å². The smallest absolute Gasteiger partial charge is 0.271 e. The molecule has 4 aromatic rings. The first-order valence-electron chi connectivity index (χ1n) is 8.71. The molecule has 1 N–H and O–H groups in total. The van der Waals surface area contributed by atoms with Gasteiger partial charge in [0, 0.05) is 17.4 Å². The highest BCUT2D eigenvalue weighted by Crippen LogP contribution is 2.28. The van der Waals surface area contributed by atoms with E-state index in [1.165, 1.54) is 12.4 Å². The predicted molar refractivity (Wildman–Crippen MR) is 115 cm³/mol. The zero-order chi connectivity index (χ0) is 21.3. The first-order valence-corrected chi connectivity index (χ1v) is 11.4. The molecule has 0 bridgehead atoms. The van der Waals surface area contributed by atoms with Gasteiger partial charge in [0.25, 0.3) is 10.0 Å². The number of hydrogen-bond donors (Lipinski definition) is 1. The van der Waals surface area contributed by atoms with Crippen molar-refractivity contribution in [3.63, 3.8) is 0 Å². The molecule has 154 valence electrons. The summed E-state index contributed by atoms with van der Waals surface area (Å²) in [5.41, 5.74) is 2.29. The Morgan fingerprint density at radius 3 is 2.47 bits per heavy atom. The van der Waals surface area contributed by atoms with Gasteiger partial charge in [-0.25, -0.2) is 23.4 Å². The number of aromatic nitrogens is 4. The van der Waals surface area contributed by atoms with Gasteiger partial charge >= 0.3 is 0 Å². The standard InChI is InChI=1S/C19H16ClN5O3S2/c1-12-13(2)25(11-23-12)17-9-18(22-10-21-17)28-15-5-3-14(4-6-15)24-30(26,27)19-8-7-16(20)29-19/h3-11,24H,1-2H3. The van der Waals surface area contributed by atoms with Gasteiger partial charge in [0.1, 0.15) is 28.4 Å². The number of hydrogen-bond acceptors (Lipinski definition) is 7. The average molecular weight is 462 g/mol. The van der Waals surface area contributed by atoms with Crippen LogP contribution in [0.2, 0.25) is 4.34 Å². The van der Waals surface area contributed by atoms with Crippen LogP contribution in [0, 0.1) is 13.8 Å². The van der Waals surface area contributed by atoms with E-state index in [0.29, 0.717) is 27.5 Å². The van der Waals surface area contributed by atoms with Crippen molar-refractivity contribution in [1.29, 1.82) is 0 Å². The summed E-state index contributed by atoms with van der Waals surface area (Å²) in [6.07, 6.45) is 3.10. The Bertz CT molecular complexity index is 1300. The molecule has 0 atom stereocenters. The minimum atomic E-state index is -3.69. The van der Waals surface area contributed by atoms with Crippen LogP contribution in [0.5, 0.6) is 11.6 Å². The van der Waals surface area contributed by atoms with Gasteiger partial charge < -0.3 is 4.74 Å². The van der Waals surface area contributed by atoms with Crippen molar-refractivity contribution in [2.45, 2.75) is 18.1 Å². The molecule has 3 aromatic heterocycles. The number of aryl methyl sites for hydroxylation is 1. The SMILES string of the molecule is Cc1ncn(-c2cc(Oc3ccc(NS(=O)(=O)c4ccc(Cl)s4)cc3)ncn2)c1C. The van der Waals surface area contributed by atoms with Crippen LogP contribution in [-0.2, 0) is 10.0 Å². The molecule has 4 rings (SSSR count). The van der Waals surface area contributed by atoms with Crippen molar-refractivity contribution in [3.8, 4) is 17.4 Å². The van der Waals surface area contributed by atoms with Crippen molar-refractivity contribution in [2.24, 2.45) is 0 Å². The molecule has 0 aliphatic carbocycles. The number of rotatable bonds is 6. The number of nitrogens with one attached hydrogen (secondary N) is 1. The Morgan fingerprint density at radius 1 is 1.07 bits per heavy atom. The van der Waals surface area contributed by atoms with Gasteiger partial charge in [-0.2, -0.15) is 0 Å². The van der Waals surface area contributed by atoms with Crippen LogP contribution >= 0.6 is 22.9 Å². The summed E-state index contributed by atoms with van der Waals surface area (Å²) in [4.78, 5) is 12.7. The summed E-state index contributed by atoms with van der Waals surface area (Å²) in [5, 5.41) is 0. The average Bonchev–Trinajstić information content (AvgIpc) is 3.30. The van der Waals surface area contributed by atoms with E-state index in [4.69, 9.17) is 16.3 Å². The van der Waals surface area contributed by atoms with Crippen molar-refractivity contribution in [1.82, 2.24) is 19.5 Å². The molecule has 30 heavy (non-hydrogen) atoms. The number of nitrogens with zero attached hydrogens (tertiary/aromatic N) is 4. The molecular weight excluding hydrogens is 446 g/mol.